The molecular formula is C62H110O6. The molecule has 1 unspecified atom stereocenters. The van der Waals surface area contributed by atoms with Gasteiger partial charge in [0.2, 0.25) is 0 Å². The van der Waals surface area contributed by atoms with Gasteiger partial charge in [0.05, 0.1) is 0 Å². The van der Waals surface area contributed by atoms with Crippen molar-refractivity contribution in [3.63, 3.8) is 0 Å². The van der Waals surface area contributed by atoms with Crippen molar-refractivity contribution in [2.24, 2.45) is 0 Å². The van der Waals surface area contributed by atoms with Crippen LogP contribution in [-0.2, 0) is 28.6 Å². The van der Waals surface area contributed by atoms with Gasteiger partial charge in [-0.3, -0.25) is 14.4 Å². The normalized spacial score (nSPS) is 12.5. The van der Waals surface area contributed by atoms with E-state index in [4.69, 9.17) is 14.2 Å². The molecule has 0 N–H and O–H groups in total. The minimum atomic E-state index is -0.774. The third-order valence-electron chi connectivity index (χ3n) is 12.8. The van der Waals surface area contributed by atoms with Crippen LogP contribution in [0.5, 0.6) is 0 Å². The zero-order valence-electron chi connectivity index (χ0n) is 45.1. The van der Waals surface area contributed by atoms with Gasteiger partial charge in [0, 0.05) is 19.3 Å². The highest BCUT2D eigenvalue weighted by molar-refractivity contribution is 5.71. The molecule has 0 saturated carbocycles. The first kappa shape index (κ1) is 65.1. The number of allylic oxidation sites excluding steroid dienone is 10. The molecule has 0 aliphatic carbocycles. The van der Waals surface area contributed by atoms with Crippen LogP contribution in [0.4, 0.5) is 0 Å². The van der Waals surface area contributed by atoms with Crippen molar-refractivity contribution in [2.45, 2.75) is 303 Å². The van der Waals surface area contributed by atoms with E-state index in [0.29, 0.717) is 19.3 Å². The topological polar surface area (TPSA) is 78.9 Å². The summed E-state index contributed by atoms with van der Waals surface area (Å²) >= 11 is 0. The van der Waals surface area contributed by atoms with Crippen molar-refractivity contribution in [3.05, 3.63) is 60.8 Å². The van der Waals surface area contributed by atoms with E-state index in [1.54, 1.807) is 0 Å². The summed E-state index contributed by atoms with van der Waals surface area (Å²) in [5.41, 5.74) is 0. The first-order valence-corrected chi connectivity index (χ1v) is 29.3. The molecular weight excluding hydrogens is 841 g/mol. The second-order valence-electron chi connectivity index (χ2n) is 19.5. The van der Waals surface area contributed by atoms with Gasteiger partial charge in [-0.15, -0.1) is 0 Å². The van der Waals surface area contributed by atoms with Crippen molar-refractivity contribution < 1.29 is 28.6 Å². The minimum Gasteiger partial charge on any atom is -0.462 e. The van der Waals surface area contributed by atoms with Crippen molar-refractivity contribution in [2.75, 3.05) is 13.2 Å². The van der Waals surface area contributed by atoms with Crippen molar-refractivity contribution >= 4 is 17.9 Å². The molecule has 0 aromatic carbocycles. The monoisotopic (exact) mass is 951 g/mol. The number of hydrogen-bond acceptors (Lipinski definition) is 6. The summed E-state index contributed by atoms with van der Waals surface area (Å²) in [5, 5.41) is 0. The largest absolute Gasteiger partial charge is 0.462 e. The van der Waals surface area contributed by atoms with Crippen molar-refractivity contribution in [3.8, 4) is 0 Å². The molecule has 0 spiro atoms. The Bertz CT molecular complexity index is 1230. The van der Waals surface area contributed by atoms with E-state index in [-0.39, 0.29) is 31.1 Å². The number of esters is 3. The van der Waals surface area contributed by atoms with Crippen LogP contribution in [0, 0.1) is 0 Å². The van der Waals surface area contributed by atoms with Crippen LogP contribution in [0.25, 0.3) is 0 Å². The second-order valence-corrected chi connectivity index (χ2v) is 19.5. The molecule has 0 rings (SSSR count). The molecule has 6 nitrogen and oxygen atoms in total. The molecule has 0 aromatic heterocycles. The Morgan fingerprint density at radius 2 is 0.574 bits per heavy atom. The van der Waals surface area contributed by atoms with E-state index >= 15 is 0 Å². The molecule has 0 fully saturated rings. The van der Waals surface area contributed by atoms with Gasteiger partial charge in [0.1, 0.15) is 13.2 Å². The number of ether oxygens (including phenoxy) is 3. The van der Waals surface area contributed by atoms with E-state index in [1.807, 2.05) is 0 Å². The average molecular weight is 952 g/mol. The zero-order valence-corrected chi connectivity index (χ0v) is 45.1. The van der Waals surface area contributed by atoms with Crippen LogP contribution in [0.1, 0.15) is 297 Å². The maximum atomic E-state index is 12.8. The second kappa shape index (κ2) is 56.7. The molecule has 0 aliphatic rings. The molecule has 1 atom stereocenters. The molecule has 0 aliphatic heterocycles. The van der Waals surface area contributed by atoms with Gasteiger partial charge in [-0.25, -0.2) is 0 Å². The van der Waals surface area contributed by atoms with Crippen LogP contribution in [0.3, 0.4) is 0 Å². The summed E-state index contributed by atoms with van der Waals surface area (Å²) in [6, 6.07) is 0. The van der Waals surface area contributed by atoms with Gasteiger partial charge in [0.15, 0.2) is 6.10 Å². The fourth-order valence-corrected chi connectivity index (χ4v) is 8.41. The molecule has 68 heavy (non-hydrogen) atoms. The van der Waals surface area contributed by atoms with E-state index in [9.17, 15) is 14.4 Å². The molecule has 6 heteroatoms. The number of carbonyl (C=O) groups is 3. The third-order valence-corrected chi connectivity index (χ3v) is 12.8. The number of unbranched alkanes of at least 4 members (excludes halogenated alkanes) is 32. The fourth-order valence-electron chi connectivity index (χ4n) is 8.41. The predicted molar refractivity (Wildman–Crippen MR) is 293 cm³/mol. The highest BCUT2D eigenvalue weighted by Gasteiger charge is 2.19. The summed E-state index contributed by atoms with van der Waals surface area (Å²) in [4.78, 5) is 38.1. The van der Waals surface area contributed by atoms with E-state index in [1.165, 1.54) is 161 Å². The molecule has 0 aromatic rings. The highest BCUT2D eigenvalue weighted by atomic mass is 16.6. The summed E-state index contributed by atoms with van der Waals surface area (Å²) < 4.78 is 16.8. The highest BCUT2D eigenvalue weighted by Crippen LogP contribution is 2.16. The molecule has 0 amide bonds. The van der Waals surface area contributed by atoms with E-state index < -0.39 is 6.10 Å². The van der Waals surface area contributed by atoms with Crippen LogP contribution in [0.15, 0.2) is 60.8 Å². The van der Waals surface area contributed by atoms with Crippen LogP contribution in [-0.4, -0.2) is 37.2 Å². The Hall–Kier alpha value is -2.89. The number of carbonyl (C=O) groups excluding carboxylic acids is 3. The van der Waals surface area contributed by atoms with Crippen molar-refractivity contribution in [1.29, 1.82) is 0 Å². The molecule has 0 radical (unpaired) electrons. The summed E-state index contributed by atoms with van der Waals surface area (Å²) in [7, 11) is 0. The van der Waals surface area contributed by atoms with Crippen LogP contribution in [0.2, 0.25) is 0 Å². The minimum absolute atomic E-state index is 0.0739. The lowest BCUT2D eigenvalue weighted by molar-refractivity contribution is -0.167. The summed E-state index contributed by atoms with van der Waals surface area (Å²) in [5.74, 6) is -0.874. The van der Waals surface area contributed by atoms with Gasteiger partial charge >= 0.3 is 17.9 Å². The predicted octanol–water partition coefficient (Wildman–Crippen LogP) is 19.6. The Balaban J connectivity index is 4.26. The SMILES string of the molecule is CC/C=C\C/C=C\C/C=C\C/C=C\C/C=C\CCCCCCCCCC(=O)OCC(COC(=O)CCCCCCCCCCC)OC(=O)CCCCCCCCCCCCCCCCCCCC. The average Bonchev–Trinajstić information content (AvgIpc) is 3.34. The maximum Gasteiger partial charge on any atom is 0.306 e. The zero-order chi connectivity index (χ0) is 49.3. The smallest absolute Gasteiger partial charge is 0.306 e. The van der Waals surface area contributed by atoms with Crippen molar-refractivity contribution in [1.82, 2.24) is 0 Å². The number of rotatable bonds is 53. The maximum absolute atomic E-state index is 12.8. The van der Waals surface area contributed by atoms with Crippen LogP contribution >= 0.6 is 0 Å². The van der Waals surface area contributed by atoms with Gasteiger partial charge in [-0.1, -0.05) is 274 Å². The van der Waals surface area contributed by atoms with E-state index in [0.717, 1.165) is 96.3 Å². The quantitative estimate of drug-likeness (QED) is 0.0262. The molecule has 0 heterocycles. The Morgan fingerprint density at radius 3 is 0.897 bits per heavy atom. The van der Waals surface area contributed by atoms with E-state index in [2.05, 4.69) is 81.5 Å². The molecule has 0 bridgehead atoms. The standard InChI is InChI=1S/C62H110O6/c1-4-7-10-13-16-19-21-23-25-27-29-30-31-32-33-35-36-38-40-43-46-49-52-55-61(64)67-58-59(57-66-60(63)54-51-48-45-42-18-15-12-9-6-3)68-62(65)56-53-50-47-44-41-39-37-34-28-26-24-22-20-17-14-11-8-5-2/h7,10,16,19,23,25,29-30,32-33,59H,4-6,8-9,11-15,17-18,20-22,24,26-28,31,34-58H2,1-3H3/b10-7-,19-16-,25-23-,30-29-,33-32-. The van der Waals surface area contributed by atoms with Crippen LogP contribution < -0.4 is 0 Å². The lowest BCUT2D eigenvalue weighted by Gasteiger charge is -2.18. The Kier molecular flexibility index (Phi) is 54.3. The first-order chi connectivity index (χ1) is 33.5. The summed E-state index contributed by atoms with van der Waals surface area (Å²) in [6.45, 7) is 6.53. The van der Waals surface area contributed by atoms with Gasteiger partial charge < -0.3 is 14.2 Å². The van der Waals surface area contributed by atoms with Gasteiger partial charge in [-0.2, -0.15) is 0 Å². The lowest BCUT2D eigenvalue weighted by atomic mass is 10.0. The molecule has 394 valence electrons. The third kappa shape index (κ3) is 54.1. The number of hydrogen-bond donors (Lipinski definition) is 0. The fraction of sp³-hybridized carbons (Fsp3) is 0.790. The lowest BCUT2D eigenvalue weighted by Crippen LogP contribution is -2.30. The Labute approximate surface area is 421 Å². The van der Waals surface area contributed by atoms with Gasteiger partial charge in [0.25, 0.3) is 0 Å². The Morgan fingerprint density at radius 1 is 0.309 bits per heavy atom. The van der Waals surface area contributed by atoms with Gasteiger partial charge in [-0.05, 0) is 64.2 Å². The summed E-state index contributed by atoms with van der Waals surface area (Å²) in [6.07, 6.45) is 70.8. The molecule has 0 saturated heterocycles. The first-order valence-electron chi connectivity index (χ1n) is 29.3.